The van der Waals surface area contributed by atoms with Crippen LogP contribution in [0.1, 0.15) is 0 Å². The van der Waals surface area contributed by atoms with E-state index in [1.165, 1.54) is 7.05 Å². The molecule has 0 aliphatic heterocycles. The summed E-state index contributed by atoms with van der Waals surface area (Å²) in [6, 6.07) is 4.04. The first kappa shape index (κ1) is 10.8. The van der Waals surface area contributed by atoms with Gasteiger partial charge in [-0.3, -0.25) is 0 Å². The van der Waals surface area contributed by atoms with Gasteiger partial charge in [0.2, 0.25) is 0 Å². The molecule has 0 unspecified atom stereocenters. The molecule has 0 amide bonds. The zero-order chi connectivity index (χ0) is 5.54. The number of nitrogens with two attached hydrogens (primary N) is 1. The predicted molar refractivity (Wildman–Crippen MR) is 41.7 cm³/mol. The van der Waals surface area contributed by atoms with Crippen molar-refractivity contribution >= 4 is 23.7 Å². The average Bonchev–Trinajstić information content (AvgIpc) is 2.23. The first-order valence-corrected chi connectivity index (χ1v) is 2.99. The van der Waals surface area contributed by atoms with Crippen LogP contribution >= 0.6 is 23.7 Å². The van der Waals surface area contributed by atoms with Gasteiger partial charge in [-0.15, -0.1) is 12.4 Å². The van der Waals surface area contributed by atoms with Crippen LogP contribution in [0, 0.1) is 0 Å². The molecule has 1 aromatic rings. The Morgan fingerprint density at radius 2 is 1.50 bits per heavy atom. The minimum absolute atomic E-state index is 0. The number of rotatable bonds is 0. The molecule has 1 heterocycles. The van der Waals surface area contributed by atoms with Gasteiger partial charge >= 0.3 is 0 Å². The number of halogens is 1. The van der Waals surface area contributed by atoms with Gasteiger partial charge in [0.25, 0.3) is 0 Å². The molecule has 0 aromatic carbocycles. The van der Waals surface area contributed by atoms with E-state index in [9.17, 15) is 0 Å². The Morgan fingerprint density at radius 3 is 1.62 bits per heavy atom. The van der Waals surface area contributed by atoms with Crippen LogP contribution in [0.5, 0.6) is 0 Å². The number of thiophene rings is 1. The molecule has 0 fully saturated rings. The molecule has 8 heavy (non-hydrogen) atoms. The third-order valence-electron chi connectivity index (χ3n) is 0.425. The first-order chi connectivity index (χ1) is 3.50. The van der Waals surface area contributed by atoms with Gasteiger partial charge in [0.05, 0.1) is 0 Å². The van der Waals surface area contributed by atoms with E-state index in [-0.39, 0.29) is 12.4 Å². The van der Waals surface area contributed by atoms with Crippen LogP contribution in [-0.2, 0) is 0 Å². The zero-order valence-electron chi connectivity index (χ0n) is 4.70. The van der Waals surface area contributed by atoms with Crippen LogP contribution in [0.4, 0.5) is 0 Å². The summed E-state index contributed by atoms with van der Waals surface area (Å²) in [6.07, 6.45) is 0. The third-order valence-corrected chi connectivity index (χ3v) is 1.05. The molecule has 0 atom stereocenters. The lowest BCUT2D eigenvalue weighted by Crippen LogP contribution is -1.69. The van der Waals surface area contributed by atoms with Crippen molar-refractivity contribution in [1.29, 1.82) is 0 Å². The highest BCUT2D eigenvalue weighted by atomic mass is 35.5. The van der Waals surface area contributed by atoms with Crippen molar-refractivity contribution < 1.29 is 0 Å². The van der Waals surface area contributed by atoms with E-state index in [1.54, 1.807) is 11.3 Å². The highest BCUT2D eigenvalue weighted by Crippen LogP contribution is 1.91. The van der Waals surface area contributed by atoms with Crippen molar-refractivity contribution in [2.24, 2.45) is 5.73 Å². The summed E-state index contributed by atoms with van der Waals surface area (Å²) in [5.41, 5.74) is 4.50. The lowest BCUT2D eigenvalue weighted by molar-refractivity contribution is 1.48. The molecule has 2 N–H and O–H groups in total. The van der Waals surface area contributed by atoms with Gasteiger partial charge in [0.1, 0.15) is 0 Å². The fourth-order valence-corrected chi connectivity index (χ4v) is 0.680. The smallest absolute Gasteiger partial charge is 0.00934 e. The van der Waals surface area contributed by atoms with E-state index in [0.29, 0.717) is 0 Å². The van der Waals surface area contributed by atoms with Crippen molar-refractivity contribution in [3.8, 4) is 0 Å². The Kier molecular flexibility index (Phi) is 13.6. The molecule has 0 radical (unpaired) electrons. The summed E-state index contributed by atoms with van der Waals surface area (Å²) in [6.45, 7) is 0. The van der Waals surface area contributed by atoms with Crippen LogP contribution in [0.25, 0.3) is 0 Å². The molecule has 48 valence electrons. The van der Waals surface area contributed by atoms with Crippen molar-refractivity contribution in [3.05, 3.63) is 22.9 Å². The van der Waals surface area contributed by atoms with Gasteiger partial charge in [-0.2, -0.15) is 11.3 Å². The summed E-state index contributed by atoms with van der Waals surface area (Å²) >= 11 is 1.71. The summed E-state index contributed by atoms with van der Waals surface area (Å²) in [4.78, 5) is 0. The Bertz CT molecular complexity index is 68.9. The molecule has 0 aliphatic rings. The summed E-state index contributed by atoms with van der Waals surface area (Å²) in [5, 5.41) is 4.08. The molecule has 0 spiro atoms. The van der Waals surface area contributed by atoms with E-state index in [0.717, 1.165) is 0 Å². The van der Waals surface area contributed by atoms with Crippen LogP contribution in [0.2, 0.25) is 0 Å². The first-order valence-electron chi connectivity index (χ1n) is 2.05. The van der Waals surface area contributed by atoms with Gasteiger partial charge in [-0.1, -0.05) is 12.1 Å². The van der Waals surface area contributed by atoms with Gasteiger partial charge < -0.3 is 5.73 Å². The van der Waals surface area contributed by atoms with Gasteiger partial charge in [-0.25, -0.2) is 0 Å². The summed E-state index contributed by atoms with van der Waals surface area (Å²) < 4.78 is 0. The Hall–Kier alpha value is -0.0500. The van der Waals surface area contributed by atoms with E-state index in [1.807, 2.05) is 22.9 Å². The zero-order valence-corrected chi connectivity index (χ0v) is 6.34. The quantitative estimate of drug-likeness (QED) is 0.601. The van der Waals surface area contributed by atoms with E-state index in [4.69, 9.17) is 0 Å². The second kappa shape index (κ2) is 10.0. The highest BCUT2D eigenvalue weighted by Gasteiger charge is 1.58. The maximum Gasteiger partial charge on any atom is -0.00934 e. The molecule has 0 saturated heterocycles. The molecule has 1 nitrogen and oxygen atoms in total. The maximum atomic E-state index is 4.50. The lowest BCUT2D eigenvalue weighted by Gasteiger charge is -1.39. The topological polar surface area (TPSA) is 26.0 Å². The van der Waals surface area contributed by atoms with Crippen LogP contribution in [-0.4, -0.2) is 7.05 Å². The Balaban J connectivity index is 0. The fourth-order valence-electron chi connectivity index (χ4n) is 0.227. The van der Waals surface area contributed by atoms with E-state index >= 15 is 0 Å². The number of hydrogen-bond acceptors (Lipinski definition) is 2. The largest absolute Gasteiger partial charge is 0.333 e. The predicted octanol–water partition coefficient (Wildman–Crippen LogP) is 1.74. The van der Waals surface area contributed by atoms with Gasteiger partial charge in [-0.05, 0) is 17.8 Å². The fraction of sp³-hybridized carbons (Fsp3) is 0.200. The Labute approximate surface area is 59.9 Å². The SMILES string of the molecule is CN.Cl.c1ccsc1. The highest BCUT2D eigenvalue weighted by molar-refractivity contribution is 7.07. The molecular formula is C5H10ClNS. The normalized spacial score (nSPS) is 5.75. The van der Waals surface area contributed by atoms with Crippen molar-refractivity contribution in [3.63, 3.8) is 0 Å². The van der Waals surface area contributed by atoms with E-state index < -0.39 is 0 Å². The average molecular weight is 152 g/mol. The third kappa shape index (κ3) is 5.95. The molecule has 0 saturated carbocycles. The van der Waals surface area contributed by atoms with Crippen molar-refractivity contribution in [1.82, 2.24) is 0 Å². The molecular weight excluding hydrogens is 142 g/mol. The maximum absolute atomic E-state index is 4.50. The molecule has 0 aliphatic carbocycles. The second-order valence-electron chi connectivity index (χ2n) is 0.793. The van der Waals surface area contributed by atoms with Crippen molar-refractivity contribution in [2.75, 3.05) is 7.05 Å². The molecule has 1 rings (SSSR count). The van der Waals surface area contributed by atoms with Crippen LogP contribution in [0.15, 0.2) is 22.9 Å². The minimum atomic E-state index is 0. The van der Waals surface area contributed by atoms with E-state index in [2.05, 4.69) is 5.73 Å². The summed E-state index contributed by atoms with van der Waals surface area (Å²) in [5.74, 6) is 0. The van der Waals surface area contributed by atoms with Gasteiger partial charge in [0.15, 0.2) is 0 Å². The molecule has 3 heteroatoms. The van der Waals surface area contributed by atoms with Gasteiger partial charge in [0, 0.05) is 0 Å². The molecule has 1 aromatic heterocycles. The summed E-state index contributed by atoms with van der Waals surface area (Å²) in [7, 11) is 1.50. The van der Waals surface area contributed by atoms with Crippen LogP contribution in [0.3, 0.4) is 0 Å². The van der Waals surface area contributed by atoms with Crippen LogP contribution < -0.4 is 5.73 Å². The second-order valence-corrected chi connectivity index (χ2v) is 1.61. The number of hydrogen-bond donors (Lipinski definition) is 1. The molecule has 0 bridgehead atoms. The lowest BCUT2D eigenvalue weighted by atomic mass is 10.7. The minimum Gasteiger partial charge on any atom is -0.333 e. The van der Waals surface area contributed by atoms with Crippen molar-refractivity contribution in [2.45, 2.75) is 0 Å². The Morgan fingerprint density at radius 1 is 1.12 bits per heavy atom. The monoisotopic (exact) mass is 151 g/mol. The standard InChI is InChI=1S/C4H4S.CH5N.ClH/c1-2-4-5-3-1;1-2;/h1-4H;2H2,1H3;1H.